The van der Waals surface area contributed by atoms with Gasteiger partial charge in [-0.3, -0.25) is 0 Å². The number of aryl methyl sites for hydroxylation is 1. The van der Waals surface area contributed by atoms with Crippen molar-refractivity contribution in [2.45, 2.75) is 13.3 Å². The van der Waals surface area contributed by atoms with E-state index in [1.165, 1.54) is 5.56 Å². The second-order valence-corrected chi connectivity index (χ2v) is 5.01. The average Bonchev–Trinajstić information content (AvgIpc) is 2.64. The number of carbonyl (C=O) groups is 1. The van der Waals surface area contributed by atoms with E-state index in [1.54, 1.807) is 25.3 Å². The quantitative estimate of drug-likeness (QED) is 0.522. The van der Waals surface area contributed by atoms with Gasteiger partial charge in [-0.2, -0.15) is 0 Å². The molecular formula is C19H22O5. The van der Waals surface area contributed by atoms with Crippen LogP contribution >= 0.6 is 0 Å². The minimum absolute atomic E-state index is 0.171. The van der Waals surface area contributed by atoms with E-state index in [0.717, 1.165) is 12.2 Å². The summed E-state index contributed by atoms with van der Waals surface area (Å²) in [4.78, 5) is 11.7. The van der Waals surface area contributed by atoms with E-state index in [-0.39, 0.29) is 13.2 Å². The van der Waals surface area contributed by atoms with Crippen LogP contribution in [0.5, 0.6) is 17.2 Å². The van der Waals surface area contributed by atoms with E-state index in [4.69, 9.17) is 18.9 Å². The van der Waals surface area contributed by atoms with Crippen LogP contribution in [0.15, 0.2) is 48.5 Å². The Morgan fingerprint density at radius 1 is 0.958 bits per heavy atom. The van der Waals surface area contributed by atoms with Crippen molar-refractivity contribution in [1.29, 1.82) is 0 Å². The summed E-state index contributed by atoms with van der Waals surface area (Å²) in [7, 11) is 1.55. The molecule has 2 rings (SSSR count). The number of ether oxygens (including phenoxy) is 4. The van der Waals surface area contributed by atoms with Gasteiger partial charge in [-0.15, -0.1) is 0 Å². The van der Waals surface area contributed by atoms with Crippen molar-refractivity contribution in [2.75, 3.05) is 26.9 Å². The normalized spacial score (nSPS) is 10.1. The second-order valence-electron chi connectivity index (χ2n) is 5.01. The Kier molecular flexibility index (Phi) is 6.95. The van der Waals surface area contributed by atoms with E-state index in [2.05, 4.69) is 6.92 Å². The van der Waals surface area contributed by atoms with Crippen LogP contribution in [0.3, 0.4) is 0 Å². The predicted octanol–water partition coefficient (Wildman–Crippen LogP) is 3.26. The zero-order valence-electron chi connectivity index (χ0n) is 14.0. The van der Waals surface area contributed by atoms with Crippen molar-refractivity contribution in [3.8, 4) is 17.2 Å². The molecule has 0 aliphatic heterocycles. The summed E-state index contributed by atoms with van der Waals surface area (Å²) in [6, 6.07) is 15.0. The summed E-state index contributed by atoms with van der Waals surface area (Å²) in [6.45, 7) is 2.38. The third kappa shape index (κ3) is 5.50. The van der Waals surface area contributed by atoms with Crippen molar-refractivity contribution in [3.05, 3.63) is 54.1 Å². The fraction of sp³-hybridized carbons (Fsp3) is 0.316. The molecule has 128 valence electrons. The van der Waals surface area contributed by atoms with Gasteiger partial charge in [-0.1, -0.05) is 31.2 Å². The lowest BCUT2D eigenvalue weighted by atomic mass is 10.2. The molecule has 24 heavy (non-hydrogen) atoms. The molecule has 0 unspecified atom stereocenters. The molecule has 0 aliphatic rings. The molecule has 2 aromatic carbocycles. The molecular weight excluding hydrogens is 308 g/mol. The molecule has 0 saturated carbocycles. The molecule has 0 fully saturated rings. The minimum Gasteiger partial charge on any atom is -0.493 e. The SMILES string of the molecule is CCc1cccc(OCCOC(=O)COc2ccccc2OC)c1. The van der Waals surface area contributed by atoms with Crippen molar-refractivity contribution in [3.63, 3.8) is 0 Å². The molecule has 0 amide bonds. The third-order valence-corrected chi connectivity index (χ3v) is 3.34. The van der Waals surface area contributed by atoms with Gasteiger partial charge < -0.3 is 18.9 Å². The highest BCUT2D eigenvalue weighted by Gasteiger charge is 2.08. The Morgan fingerprint density at radius 2 is 1.75 bits per heavy atom. The van der Waals surface area contributed by atoms with Gasteiger partial charge in [0.2, 0.25) is 0 Å². The van der Waals surface area contributed by atoms with Crippen molar-refractivity contribution in [1.82, 2.24) is 0 Å². The number of hydrogen-bond acceptors (Lipinski definition) is 5. The molecule has 0 N–H and O–H groups in total. The van der Waals surface area contributed by atoms with Crippen LogP contribution < -0.4 is 14.2 Å². The Hall–Kier alpha value is -2.69. The highest BCUT2D eigenvalue weighted by molar-refractivity contribution is 5.71. The van der Waals surface area contributed by atoms with Gasteiger partial charge in [0.15, 0.2) is 18.1 Å². The monoisotopic (exact) mass is 330 g/mol. The number of methoxy groups -OCH3 is 1. The van der Waals surface area contributed by atoms with Gasteiger partial charge in [0, 0.05) is 0 Å². The first kappa shape index (κ1) is 17.7. The Bertz CT molecular complexity index is 654. The molecule has 0 atom stereocenters. The first-order valence-electron chi connectivity index (χ1n) is 7.86. The maximum atomic E-state index is 11.7. The molecule has 0 spiro atoms. The minimum atomic E-state index is -0.452. The van der Waals surface area contributed by atoms with Gasteiger partial charge in [-0.05, 0) is 36.2 Å². The van der Waals surface area contributed by atoms with Gasteiger partial charge in [0.1, 0.15) is 19.0 Å². The van der Waals surface area contributed by atoms with Crippen LogP contribution in [0.1, 0.15) is 12.5 Å². The van der Waals surface area contributed by atoms with E-state index in [9.17, 15) is 4.79 Å². The van der Waals surface area contributed by atoms with E-state index in [0.29, 0.717) is 18.1 Å². The molecule has 0 heterocycles. The molecule has 0 saturated heterocycles. The largest absolute Gasteiger partial charge is 0.493 e. The average molecular weight is 330 g/mol. The summed E-state index contributed by atoms with van der Waals surface area (Å²) in [5.41, 5.74) is 1.20. The maximum absolute atomic E-state index is 11.7. The number of esters is 1. The first-order chi connectivity index (χ1) is 11.7. The lowest BCUT2D eigenvalue weighted by Gasteiger charge is -2.11. The number of carbonyl (C=O) groups excluding carboxylic acids is 1. The topological polar surface area (TPSA) is 54.0 Å². The van der Waals surface area contributed by atoms with Crippen molar-refractivity contribution < 1.29 is 23.7 Å². The Labute approximate surface area is 142 Å². The summed E-state index contributed by atoms with van der Waals surface area (Å²) in [6.07, 6.45) is 0.951. The Morgan fingerprint density at radius 3 is 2.50 bits per heavy atom. The van der Waals surface area contributed by atoms with Crippen LogP contribution in [-0.2, 0) is 16.0 Å². The Balaban J connectivity index is 1.68. The summed E-state index contributed by atoms with van der Waals surface area (Å²) in [5, 5.41) is 0. The molecule has 0 radical (unpaired) electrons. The summed E-state index contributed by atoms with van der Waals surface area (Å²) in [5.74, 6) is 1.40. The van der Waals surface area contributed by atoms with Gasteiger partial charge >= 0.3 is 5.97 Å². The third-order valence-electron chi connectivity index (χ3n) is 3.34. The molecule has 2 aromatic rings. The summed E-state index contributed by atoms with van der Waals surface area (Å²) >= 11 is 0. The predicted molar refractivity (Wildman–Crippen MR) is 90.8 cm³/mol. The standard InChI is InChI=1S/C19H22O5/c1-3-15-7-6-8-16(13-15)22-11-12-23-19(20)14-24-18-10-5-4-9-17(18)21-2/h4-10,13H,3,11-12,14H2,1-2H3. The van der Waals surface area contributed by atoms with Crippen LogP contribution in [0.2, 0.25) is 0 Å². The molecule has 0 aromatic heterocycles. The van der Waals surface area contributed by atoms with Crippen LogP contribution in [0.25, 0.3) is 0 Å². The van der Waals surface area contributed by atoms with Crippen molar-refractivity contribution >= 4 is 5.97 Å². The molecule has 0 aliphatic carbocycles. The fourth-order valence-electron chi connectivity index (χ4n) is 2.09. The fourth-order valence-corrected chi connectivity index (χ4v) is 2.09. The lowest BCUT2D eigenvalue weighted by molar-refractivity contribution is -0.146. The maximum Gasteiger partial charge on any atom is 0.344 e. The number of hydrogen-bond donors (Lipinski definition) is 0. The first-order valence-corrected chi connectivity index (χ1v) is 7.86. The lowest BCUT2D eigenvalue weighted by Crippen LogP contribution is -2.18. The smallest absolute Gasteiger partial charge is 0.344 e. The number of benzene rings is 2. The van der Waals surface area contributed by atoms with Crippen LogP contribution in [0, 0.1) is 0 Å². The highest BCUT2D eigenvalue weighted by atomic mass is 16.6. The molecule has 0 bridgehead atoms. The summed E-state index contributed by atoms with van der Waals surface area (Å²) < 4.78 is 21.2. The second kappa shape index (κ2) is 9.45. The number of para-hydroxylation sites is 2. The molecule has 5 nitrogen and oxygen atoms in total. The van der Waals surface area contributed by atoms with E-state index < -0.39 is 5.97 Å². The van der Waals surface area contributed by atoms with Crippen LogP contribution in [0.4, 0.5) is 0 Å². The van der Waals surface area contributed by atoms with Gasteiger partial charge in [-0.25, -0.2) is 4.79 Å². The zero-order valence-corrected chi connectivity index (χ0v) is 14.0. The van der Waals surface area contributed by atoms with Gasteiger partial charge in [0.25, 0.3) is 0 Å². The van der Waals surface area contributed by atoms with E-state index >= 15 is 0 Å². The highest BCUT2D eigenvalue weighted by Crippen LogP contribution is 2.25. The van der Waals surface area contributed by atoms with E-state index in [1.807, 2.05) is 30.3 Å². The zero-order chi connectivity index (χ0) is 17.2. The van der Waals surface area contributed by atoms with Crippen LogP contribution in [-0.4, -0.2) is 32.9 Å². The van der Waals surface area contributed by atoms with Gasteiger partial charge in [0.05, 0.1) is 7.11 Å². The number of rotatable bonds is 9. The van der Waals surface area contributed by atoms with Crippen molar-refractivity contribution in [2.24, 2.45) is 0 Å². The molecule has 5 heteroatoms.